The minimum absolute atomic E-state index is 0.364. The Morgan fingerprint density at radius 2 is 1.91 bits per heavy atom. The van der Waals surface area contributed by atoms with Gasteiger partial charge in [0, 0.05) is 5.56 Å². The lowest BCUT2D eigenvalue weighted by Crippen LogP contribution is -2.05. The van der Waals surface area contributed by atoms with Crippen molar-refractivity contribution in [3.8, 4) is 11.4 Å². The Kier molecular flexibility index (Phi) is 4.34. The van der Waals surface area contributed by atoms with E-state index in [1.165, 1.54) is 11.9 Å². The molecule has 2 aromatic carbocycles. The van der Waals surface area contributed by atoms with Gasteiger partial charge in [-0.25, -0.2) is 4.79 Å². The third-order valence-electron chi connectivity index (χ3n) is 3.27. The number of carbonyl (C=O) groups is 1. The Bertz CT molecular complexity index is 830. The van der Waals surface area contributed by atoms with E-state index in [1.807, 2.05) is 30.3 Å². The van der Waals surface area contributed by atoms with Gasteiger partial charge in [-0.3, -0.25) is 0 Å². The lowest BCUT2D eigenvalue weighted by molar-refractivity contribution is 0.0600. The normalized spacial score (nSPS) is 10.5. The van der Waals surface area contributed by atoms with Crippen LogP contribution in [0, 0.1) is 0 Å². The second-order valence-corrected chi connectivity index (χ2v) is 5.22. The maximum atomic E-state index is 11.4. The van der Waals surface area contributed by atoms with E-state index in [1.54, 1.807) is 18.2 Å². The molecule has 6 nitrogen and oxygen atoms in total. The zero-order valence-electron chi connectivity index (χ0n) is 12.3. The Morgan fingerprint density at radius 3 is 2.61 bits per heavy atom. The number of ether oxygens (including phenoxy) is 1. The first-order chi connectivity index (χ1) is 11.2. The van der Waals surface area contributed by atoms with Crippen LogP contribution in [0.5, 0.6) is 0 Å². The van der Waals surface area contributed by atoms with Crippen molar-refractivity contribution in [2.24, 2.45) is 0 Å². The van der Waals surface area contributed by atoms with E-state index in [-0.39, 0.29) is 5.97 Å². The number of methoxy groups -OCH3 is 1. The summed E-state index contributed by atoms with van der Waals surface area (Å²) in [5.41, 5.74) is 2.18. The summed E-state index contributed by atoms with van der Waals surface area (Å²) in [6, 6.07) is 14.4. The van der Waals surface area contributed by atoms with Gasteiger partial charge in [-0.05, 0) is 35.0 Å². The summed E-state index contributed by atoms with van der Waals surface area (Å²) < 4.78 is 4.67. The number of hydrogen-bond acceptors (Lipinski definition) is 5. The average Bonchev–Trinajstić information content (AvgIpc) is 3.03. The van der Waals surface area contributed by atoms with Crippen LogP contribution in [0.2, 0.25) is 5.02 Å². The number of benzene rings is 2. The molecule has 3 rings (SSSR count). The summed E-state index contributed by atoms with van der Waals surface area (Å²) in [5.74, 6) is 0.109. The molecule has 0 unspecified atom stereocenters. The molecule has 0 amide bonds. The maximum absolute atomic E-state index is 11.4. The van der Waals surface area contributed by atoms with E-state index in [9.17, 15) is 4.79 Å². The monoisotopic (exact) mass is 328 g/mol. The van der Waals surface area contributed by atoms with E-state index in [0.717, 1.165) is 11.1 Å². The summed E-state index contributed by atoms with van der Waals surface area (Å²) in [6.07, 6.45) is 0. The van der Waals surface area contributed by atoms with Crippen molar-refractivity contribution in [1.29, 1.82) is 0 Å². The lowest BCUT2D eigenvalue weighted by Gasteiger charge is -2.02. The van der Waals surface area contributed by atoms with E-state index in [0.29, 0.717) is 23.0 Å². The largest absolute Gasteiger partial charge is 0.465 e. The van der Waals surface area contributed by atoms with Crippen molar-refractivity contribution in [2.75, 3.05) is 7.11 Å². The third kappa shape index (κ3) is 3.37. The molecule has 1 heterocycles. The van der Waals surface area contributed by atoms with Gasteiger partial charge in [-0.2, -0.15) is 4.80 Å². The molecular weight excluding hydrogens is 316 g/mol. The first-order valence-corrected chi connectivity index (χ1v) is 7.25. The topological polar surface area (TPSA) is 69.9 Å². The molecule has 0 radical (unpaired) electrons. The van der Waals surface area contributed by atoms with Gasteiger partial charge >= 0.3 is 5.97 Å². The molecule has 0 saturated carbocycles. The number of hydrogen-bond donors (Lipinski definition) is 0. The molecule has 0 bridgehead atoms. The third-order valence-corrected chi connectivity index (χ3v) is 3.60. The smallest absolute Gasteiger partial charge is 0.337 e. The van der Waals surface area contributed by atoms with E-state index < -0.39 is 0 Å². The molecule has 0 N–H and O–H groups in total. The summed E-state index contributed by atoms with van der Waals surface area (Å²) in [5, 5.41) is 13.0. The number of nitrogens with zero attached hydrogens (tertiary/aromatic N) is 4. The molecule has 116 valence electrons. The SMILES string of the molecule is COC(=O)c1ccc(Cn2nnc(-c3ccccc3Cl)n2)cc1. The highest BCUT2D eigenvalue weighted by Crippen LogP contribution is 2.23. The fourth-order valence-corrected chi connectivity index (χ4v) is 2.31. The highest BCUT2D eigenvalue weighted by molar-refractivity contribution is 6.33. The van der Waals surface area contributed by atoms with Gasteiger partial charge in [0.05, 0.1) is 24.2 Å². The number of rotatable bonds is 4. The minimum Gasteiger partial charge on any atom is -0.465 e. The van der Waals surface area contributed by atoms with E-state index in [2.05, 4.69) is 20.1 Å². The highest BCUT2D eigenvalue weighted by atomic mass is 35.5. The molecule has 0 fully saturated rings. The number of esters is 1. The van der Waals surface area contributed by atoms with Crippen LogP contribution in [-0.2, 0) is 11.3 Å². The van der Waals surface area contributed by atoms with Gasteiger partial charge in [0.1, 0.15) is 0 Å². The maximum Gasteiger partial charge on any atom is 0.337 e. The first-order valence-electron chi connectivity index (χ1n) is 6.87. The van der Waals surface area contributed by atoms with Crippen molar-refractivity contribution in [1.82, 2.24) is 20.2 Å². The average molecular weight is 329 g/mol. The van der Waals surface area contributed by atoms with Crippen molar-refractivity contribution >= 4 is 17.6 Å². The molecule has 0 aliphatic carbocycles. The van der Waals surface area contributed by atoms with Crippen LogP contribution >= 0.6 is 11.6 Å². The van der Waals surface area contributed by atoms with Gasteiger partial charge in [0.25, 0.3) is 0 Å². The van der Waals surface area contributed by atoms with E-state index in [4.69, 9.17) is 11.6 Å². The first kappa shape index (κ1) is 15.2. The molecule has 0 spiro atoms. The Labute approximate surface area is 137 Å². The second kappa shape index (κ2) is 6.58. The molecule has 1 aromatic heterocycles. The molecule has 3 aromatic rings. The van der Waals surface area contributed by atoms with Gasteiger partial charge in [-0.1, -0.05) is 35.9 Å². The van der Waals surface area contributed by atoms with Crippen LogP contribution in [-0.4, -0.2) is 33.3 Å². The van der Waals surface area contributed by atoms with Gasteiger partial charge in [0.2, 0.25) is 5.82 Å². The standard InChI is InChI=1S/C16H13ClN4O2/c1-23-16(22)12-8-6-11(7-9-12)10-21-19-15(18-20-21)13-4-2-3-5-14(13)17/h2-9H,10H2,1H3. The number of aromatic nitrogens is 4. The van der Waals surface area contributed by atoms with E-state index >= 15 is 0 Å². The quantitative estimate of drug-likeness (QED) is 0.689. The number of halogens is 1. The van der Waals surface area contributed by atoms with Crippen molar-refractivity contribution in [3.63, 3.8) is 0 Å². The summed E-state index contributed by atoms with van der Waals surface area (Å²) in [6.45, 7) is 0.443. The Hall–Kier alpha value is -2.73. The summed E-state index contributed by atoms with van der Waals surface area (Å²) in [4.78, 5) is 12.9. The van der Waals surface area contributed by atoms with Crippen LogP contribution in [0.25, 0.3) is 11.4 Å². The molecule has 0 aliphatic rings. The zero-order chi connectivity index (χ0) is 16.2. The molecular formula is C16H13ClN4O2. The fraction of sp³-hybridized carbons (Fsp3) is 0.125. The van der Waals surface area contributed by atoms with Crippen LogP contribution in [0.1, 0.15) is 15.9 Å². The van der Waals surface area contributed by atoms with Crippen molar-refractivity contribution in [2.45, 2.75) is 6.54 Å². The molecule has 7 heteroatoms. The van der Waals surface area contributed by atoms with Crippen LogP contribution < -0.4 is 0 Å². The number of carbonyl (C=O) groups excluding carboxylic acids is 1. The summed E-state index contributed by atoms with van der Waals surface area (Å²) >= 11 is 6.13. The van der Waals surface area contributed by atoms with Crippen LogP contribution in [0.3, 0.4) is 0 Å². The van der Waals surface area contributed by atoms with Crippen molar-refractivity contribution in [3.05, 3.63) is 64.7 Å². The molecule has 0 aliphatic heterocycles. The number of tetrazole rings is 1. The van der Waals surface area contributed by atoms with Crippen LogP contribution in [0.15, 0.2) is 48.5 Å². The molecule has 0 atom stereocenters. The Morgan fingerprint density at radius 1 is 1.17 bits per heavy atom. The second-order valence-electron chi connectivity index (χ2n) is 4.81. The minimum atomic E-state index is -0.364. The Balaban J connectivity index is 1.77. The fourth-order valence-electron chi connectivity index (χ4n) is 2.09. The van der Waals surface area contributed by atoms with Gasteiger partial charge < -0.3 is 4.74 Å². The van der Waals surface area contributed by atoms with Gasteiger partial charge in [-0.15, -0.1) is 10.2 Å². The highest BCUT2D eigenvalue weighted by Gasteiger charge is 2.10. The van der Waals surface area contributed by atoms with Gasteiger partial charge in [0.15, 0.2) is 0 Å². The molecule has 0 saturated heterocycles. The zero-order valence-corrected chi connectivity index (χ0v) is 13.1. The summed E-state index contributed by atoms with van der Waals surface area (Å²) in [7, 11) is 1.35. The predicted octanol–water partition coefficient (Wildman–Crippen LogP) is 2.83. The van der Waals surface area contributed by atoms with Crippen molar-refractivity contribution < 1.29 is 9.53 Å². The lowest BCUT2D eigenvalue weighted by atomic mass is 10.1. The molecule has 23 heavy (non-hydrogen) atoms. The predicted molar refractivity (Wildman–Crippen MR) is 85.1 cm³/mol. The van der Waals surface area contributed by atoms with Crippen LogP contribution in [0.4, 0.5) is 0 Å².